The third-order valence-electron chi connectivity index (χ3n) is 5.13. The summed E-state index contributed by atoms with van der Waals surface area (Å²) in [4.78, 5) is 23.9. The van der Waals surface area contributed by atoms with Crippen molar-refractivity contribution in [2.75, 3.05) is 13.1 Å². The van der Waals surface area contributed by atoms with Crippen LogP contribution in [0.1, 0.15) is 52.1 Å². The Hall–Kier alpha value is -2.96. The summed E-state index contributed by atoms with van der Waals surface area (Å²) in [5.74, 6) is 1.80. The first-order chi connectivity index (χ1) is 13.1. The third-order valence-corrected chi connectivity index (χ3v) is 5.13. The van der Waals surface area contributed by atoms with Crippen LogP contribution in [-0.2, 0) is 6.54 Å². The van der Waals surface area contributed by atoms with E-state index in [0.717, 1.165) is 30.9 Å². The lowest BCUT2D eigenvalue weighted by atomic mass is 9.96. The van der Waals surface area contributed by atoms with Gasteiger partial charge in [0.1, 0.15) is 17.1 Å². The van der Waals surface area contributed by atoms with Crippen LogP contribution in [0.2, 0.25) is 0 Å². The van der Waals surface area contributed by atoms with Gasteiger partial charge in [0.2, 0.25) is 0 Å². The van der Waals surface area contributed by atoms with Gasteiger partial charge in [0.25, 0.3) is 5.91 Å². The molecular weight excluding hydrogens is 342 g/mol. The van der Waals surface area contributed by atoms with Gasteiger partial charge < -0.3 is 14.0 Å². The van der Waals surface area contributed by atoms with Crippen LogP contribution in [0.15, 0.2) is 41.3 Å². The van der Waals surface area contributed by atoms with Crippen molar-refractivity contribution in [1.29, 1.82) is 0 Å². The number of piperidine rings is 1. The Labute approximate surface area is 158 Å². The van der Waals surface area contributed by atoms with Crippen LogP contribution < -0.4 is 0 Å². The highest BCUT2D eigenvalue weighted by molar-refractivity contribution is 5.96. The van der Waals surface area contributed by atoms with E-state index in [1.54, 1.807) is 13.1 Å². The molecular formula is C20H23N5O2. The maximum Gasteiger partial charge on any atom is 0.259 e. The van der Waals surface area contributed by atoms with E-state index in [2.05, 4.69) is 19.7 Å². The van der Waals surface area contributed by atoms with E-state index in [9.17, 15) is 4.79 Å². The van der Waals surface area contributed by atoms with Gasteiger partial charge in [0.05, 0.1) is 17.9 Å². The number of carbonyl (C=O) groups is 1. The number of imidazole rings is 1. The summed E-state index contributed by atoms with van der Waals surface area (Å²) in [6, 6.07) is 5.92. The van der Waals surface area contributed by atoms with E-state index in [1.807, 2.05) is 42.4 Å². The van der Waals surface area contributed by atoms with E-state index >= 15 is 0 Å². The molecule has 1 aliphatic heterocycles. The maximum absolute atomic E-state index is 13.0. The smallest absolute Gasteiger partial charge is 0.259 e. The number of aromatic nitrogens is 4. The fourth-order valence-corrected chi connectivity index (χ4v) is 3.80. The van der Waals surface area contributed by atoms with Gasteiger partial charge in [-0.15, -0.1) is 0 Å². The van der Waals surface area contributed by atoms with Crippen LogP contribution in [0.3, 0.4) is 0 Å². The number of carbonyl (C=O) groups excluding carboxylic acids is 1. The third kappa shape index (κ3) is 3.49. The molecule has 4 rings (SSSR count). The normalized spacial score (nSPS) is 17.3. The van der Waals surface area contributed by atoms with Crippen molar-refractivity contribution in [3.63, 3.8) is 0 Å². The molecule has 140 valence electrons. The van der Waals surface area contributed by atoms with Crippen molar-refractivity contribution in [3.05, 3.63) is 65.3 Å². The molecule has 0 radical (unpaired) electrons. The van der Waals surface area contributed by atoms with Crippen LogP contribution >= 0.6 is 0 Å². The molecule has 3 aromatic heterocycles. The van der Waals surface area contributed by atoms with Gasteiger partial charge in [-0.2, -0.15) is 0 Å². The Bertz CT molecular complexity index is 912. The molecule has 0 aromatic carbocycles. The van der Waals surface area contributed by atoms with E-state index in [1.165, 1.54) is 0 Å². The number of hydrogen-bond acceptors (Lipinski definition) is 5. The van der Waals surface area contributed by atoms with Crippen molar-refractivity contribution in [3.8, 4) is 0 Å². The molecule has 0 aliphatic carbocycles. The van der Waals surface area contributed by atoms with Crippen LogP contribution in [0, 0.1) is 13.8 Å². The molecule has 7 nitrogen and oxygen atoms in total. The van der Waals surface area contributed by atoms with Crippen molar-refractivity contribution >= 4 is 5.91 Å². The molecule has 0 bridgehead atoms. The highest BCUT2D eigenvalue weighted by atomic mass is 16.5. The Morgan fingerprint density at radius 3 is 2.89 bits per heavy atom. The topological polar surface area (TPSA) is 77.0 Å². The second-order valence-corrected chi connectivity index (χ2v) is 7.02. The van der Waals surface area contributed by atoms with E-state index in [-0.39, 0.29) is 11.8 Å². The van der Waals surface area contributed by atoms with Crippen LogP contribution in [0.25, 0.3) is 0 Å². The molecule has 4 heterocycles. The zero-order valence-corrected chi connectivity index (χ0v) is 15.6. The van der Waals surface area contributed by atoms with Crippen molar-refractivity contribution in [2.24, 2.45) is 0 Å². The fourth-order valence-electron chi connectivity index (χ4n) is 3.80. The van der Waals surface area contributed by atoms with Gasteiger partial charge in [0.15, 0.2) is 0 Å². The summed E-state index contributed by atoms with van der Waals surface area (Å²) in [5.41, 5.74) is 2.24. The number of nitrogens with zero attached hydrogens (tertiary/aromatic N) is 5. The first kappa shape index (κ1) is 17.5. The fraction of sp³-hybridized carbons (Fsp3) is 0.400. The van der Waals surface area contributed by atoms with Gasteiger partial charge >= 0.3 is 0 Å². The van der Waals surface area contributed by atoms with Crippen molar-refractivity contribution in [1.82, 2.24) is 24.6 Å². The second kappa shape index (κ2) is 7.34. The number of pyridine rings is 1. The molecule has 27 heavy (non-hydrogen) atoms. The molecule has 7 heteroatoms. The molecule has 0 unspecified atom stereocenters. The summed E-state index contributed by atoms with van der Waals surface area (Å²) < 4.78 is 7.31. The lowest BCUT2D eigenvalue weighted by Gasteiger charge is -2.32. The largest absolute Gasteiger partial charge is 0.361 e. The second-order valence-electron chi connectivity index (χ2n) is 7.02. The zero-order chi connectivity index (χ0) is 18.8. The minimum atomic E-state index is -0.00113. The number of rotatable bonds is 4. The lowest BCUT2D eigenvalue weighted by Crippen LogP contribution is -2.40. The Kier molecular flexibility index (Phi) is 4.75. The molecule has 1 atom stereocenters. The van der Waals surface area contributed by atoms with Gasteiger partial charge in [0, 0.05) is 37.6 Å². The van der Waals surface area contributed by atoms with E-state index < -0.39 is 0 Å². The highest BCUT2D eigenvalue weighted by Crippen LogP contribution is 2.28. The summed E-state index contributed by atoms with van der Waals surface area (Å²) >= 11 is 0. The molecule has 0 spiro atoms. The number of aryl methyl sites for hydroxylation is 2. The molecule has 1 saturated heterocycles. The molecule has 1 aliphatic rings. The Balaban J connectivity index is 1.52. The summed E-state index contributed by atoms with van der Waals surface area (Å²) in [5, 5.41) is 3.92. The van der Waals surface area contributed by atoms with Gasteiger partial charge in [-0.3, -0.25) is 9.78 Å². The predicted octanol–water partition coefficient (Wildman–Crippen LogP) is 2.95. The highest BCUT2D eigenvalue weighted by Gasteiger charge is 2.30. The Morgan fingerprint density at radius 1 is 1.26 bits per heavy atom. The maximum atomic E-state index is 13.0. The average molecular weight is 365 g/mol. The number of likely N-dealkylation sites (tertiary alicyclic amines) is 1. The minimum Gasteiger partial charge on any atom is -0.361 e. The SMILES string of the molecule is Cc1noc(C)c1C(=O)N1CCC[C@@H](c2nccn2Cc2ccccn2)C1. The predicted molar refractivity (Wildman–Crippen MR) is 99.4 cm³/mol. The van der Waals surface area contributed by atoms with E-state index in [4.69, 9.17) is 4.52 Å². The van der Waals surface area contributed by atoms with Gasteiger partial charge in [-0.25, -0.2) is 4.98 Å². The lowest BCUT2D eigenvalue weighted by molar-refractivity contribution is 0.0701. The van der Waals surface area contributed by atoms with E-state index in [0.29, 0.717) is 30.1 Å². The molecule has 0 saturated carbocycles. The van der Waals surface area contributed by atoms with Gasteiger partial charge in [-0.1, -0.05) is 11.2 Å². The standard InChI is InChI=1S/C20H23N5O2/c1-14-18(15(2)27-23-14)20(26)25-10-5-6-16(12-25)19-22-9-11-24(19)13-17-7-3-4-8-21-17/h3-4,7-9,11,16H,5-6,10,12-13H2,1-2H3/t16-/m1/s1. The molecule has 0 N–H and O–H groups in total. The molecule has 1 fully saturated rings. The monoisotopic (exact) mass is 365 g/mol. The average Bonchev–Trinajstić information content (AvgIpc) is 3.28. The molecule has 1 amide bonds. The van der Waals surface area contributed by atoms with Gasteiger partial charge in [-0.05, 0) is 38.8 Å². The van der Waals surface area contributed by atoms with Crippen LogP contribution in [-0.4, -0.2) is 43.6 Å². The first-order valence-corrected chi connectivity index (χ1v) is 9.26. The Morgan fingerprint density at radius 2 is 2.15 bits per heavy atom. The van der Waals surface area contributed by atoms with Crippen molar-refractivity contribution in [2.45, 2.75) is 39.2 Å². The zero-order valence-electron chi connectivity index (χ0n) is 15.6. The van der Waals surface area contributed by atoms with Crippen LogP contribution in [0.4, 0.5) is 0 Å². The first-order valence-electron chi connectivity index (χ1n) is 9.26. The summed E-state index contributed by atoms with van der Waals surface area (Å²) in [7, 11) is 0. The minimum absolute atomic E-state index is 0.00113. The molecule has 3 aromatic rings. The number of hydrogen-bond donors (Lipinski definition) is 0. The number of amides is 1. The van der Waals surface area contributed by atoms with Crippen molar-refractivity contribution < 1.29 is 9.32 Å². The van der Waals surface area contributed by atoms with Crippen LogP contribution in [0.5, 0.6) is 0 Å². The summed E-state index contributed by atoms with van der Waals surface area (Å²) in [6.07, 6.45) is 7.59. The quantitative estimate of drug-likeness (QED) is 0.710. The summed E-state index contributed by atoms with van der Waals surface area (Å²) in [6.45, 7) is 5.69.